The highest BCUT2D eigenvalue weighted by atomic mass is 16.6. The Morgan fingerprint density at radius 3 is 2.62 bits per heavy atom. The molecule has 2 rings (SSSR count). The molecular weight excluding hydrogens is 206 g/mol. The van der Waals surface area contributed by atoms with Gasteiger partial charge < -0.3 is 4.74 Å². The summed E-state index contributed by atoms with van der Waals surface area (Å²) in [7, 11) is 0. The van der Waals surface area contributed by atoms with Gasteiger partial charge in [0, 0.05) is 11.8 Å². The molecule has 4 heteroatoms. The lowest BCUT2D eigenvalue weighted by molar-refractivity contribution is -0.140. The smallest absolute Gasteiger partial charge is 0.233 e. The average Bonchev–Trinajstić information content (AvgIpc) is 3.05. The molecule has 0 aliphatic carbocycles. The molecule has 0 radical (unpaired) electrons. The van der Waals surface area contributed by atoms with E-state index >= 15 is 0 Å². The van der Waals surface area contributed by atoms with E-state index in [4.69, 9.17) is 4.74 Å². The van der Waals surface area contributed by atoms with Gasteiger partial charge in [-0.1, -0.05) is 26.7 Å². The van der Waals surface area contributed by atoms with Gasteiger partial charge in [0.05, 0.1) is 19.3 Å². The third-order valence-electron chi connectivity index (χ3n) is 3.50. The third kappa shape index (κ3) is 2.12. The van der Waals surface area contributed by atoms with Gasteiger partial charge in [-0.15, -0.1) is 0 Å². The Kier molecular flexibility index (Phi) is 3.28. The van der Waals surface area contributed by atoms with Gasteiger partial charge in [-0.05, 0) is 6.42 Å². The van der Waals surface area contributed by atoms with Crippen molar-refractivity contribution in [1.29, 1.82) is 0 Å². The summed E-state index contributed by atoms with van der Waals surface area (Å²) in [6.07, 6.45) is 3.02. The zero-order valence-electron chi connectivity index (χ0n) is 9.94. The van der Waals surface area contributed by atoms with Crippen molar-refractivity contribution in [1.82, 2.24) is 4.90 Å². The molecule has 2 fully saturated rings. The highest BCUT2D eigenvalue weighted by Crippen LogP contribution is 2.31. The number of imide groups is 1. The highest BCUT2D eigenvalue weighted by molar-refractivity contribution is 6.04. The van der Waals surface area contributed by atoms with Crippen molar-refractivity contribution >= 4 is 11.8 Å². The highest BCUT2D eigenvalue weighted by Gasteiger charge is 2.46. The van der Waals surface area contributed by atoms with Crippen LogP contribution >= 0.6 is 0 Å². The second-order valence-electron chi connectivity index (χ2n) is 4.78. The molecule has 0 aromatic rings. The van der Waals surface area contributed by atoms with Crippen molar-refractivity contribution < 1.29 is 14.3 Å². The lowest BCUT2D eigenvalue weighted by atomic mass is 9.92. The van der Waals surface area contributed by atoms with Gasteiger partial charge in [0.1, 0.15) is 0 Å². The molecule has 0 N–H and O–H groups in total. The van der Waals surface area contributed by atoms with E-state index in [1.165, 1.54) is 4.90 Å². The van der Waals surface area contributed by atoms with E-state index in [0.29, 0.717) is 13.2 Å². The van der Waals surface area contributed by atoms with Crippen LogP contribution in [0.3, 0.4) is 0 Å². The minimum atomic E-state index is -0.141. The monoisotopic (exact) mass is 225 g/mol. The summed E-state index contributed by atoms with van der Waals surface area (Å²) >= 11 is 0. The average molecular weight is 225 g/mol. The molecule has 0 spiro atoms. The van der Waals surface area contributed by atoms with Crippen LogP contribution in [0, 0.1) is 11.8 Å². The number of hydrogen-bond acceptors (Lipinski definition) is 3. The van der Waals surface area contributed by atoms with Crippen molar-refractivity contribution in [3.63, 3.8) is 0 Å². The van der Waals surface area contributed by atoms with Crippen LogP contribution in [0.4, 0.5) is 0 Å². The molecule has 2 aliphatic rings. The number of amides is 2. The molecule has 2 aliphatic heterocycles. The largest absolute Gasteiger partial charge is 0.371 e. The Morgan fingerprint density at radius 2 is 2.06 bits per heavy atom. The van der Waals surface area contributed by atoms with Gasteiger partial charge in [0.2, 0.25) is 11.8 Å². The summed E-state index contributed by atoms with van der Waals surface area (Å²) in [5.41, 5.74) is 0. The summed E-state index contributed by atoms with van der Waals surface area (Å²) in [6, 6.07) is 0. The van der Waals surface area contributed by atoms with Crippen LogP contribution in [0.2, 0.25) is 0 Å². The molecule has 0 aromatic carbocycles. The molecule has 2 saturated heterocycles. The first kappa shape index (κ1) is 11.6. The summed E-state index contributed by atoms with van der Waals surface area (Å²) in [5.74, 6) is -0.230. The second kappa shape index (κ2) is 4.53. The van der Waals surface area contributed by atoms with Crippen LogP contribution in [0.15, 0.2) is 0 Å². The molecule has 3 atom stereocenters. The normalized spacial score (nSPS) is 33.6. The van der Waals surface area contributed by atoms with E-state index in [1.54, 1.807) is 0 Å². The Balaban J connectivity index is 1.99. The molecule has 2 heterocycles. The Morgan fingerprint density at radius 1 is 1.38 bits per heavy atom. The van der Waals surface area contributed by atoms with Gasteiger partial charge in [-0.25, -0.2) is 0 Å². The summed E-state index contributed by atoms with van der Waals surface area (Å²) in [6.45, 7) is 5.12. The van der Waals surface area contributed by atoms with Gasteiger partial charge >= 0.3 is 0 Å². The van der Waals surface area contributed by atoms with Crippen molar-refractivity contribution in [2.75, 3.05) is 13.2 Å². The molecular formula is C12H19NO3. The topological polar surface area (TPSA) is 49.9 Å². The zero-order chi connectivity index (χ0) is 11.7. The number of ether oxygens (including phenoxy) is 1. The minimum absolute atomic E-state index is 0.0124. The van der Waals surface area contributed by atoms with E-state index in [9.17, 15) is 9.59 Å². The molecule has 90 valence electrons. The summed E-state index contributed by atoms with van der Waals surface area (Å²) < 4.78 is 5.07. The number of unbranched alkanes of at least 4 members (excludes halogenated alkanes) is 1. The van der Waals surface area contributed by atoms with Gasteiger partial charge in [-0.2, -0.15) is 0 Å². The number of nitrogens with zero attached hydrogens (tertiary/aromatic N) is 1. The van der Waals surface area contributed by atoms with E-state index in [0.717, 1.165) is 19.3 Å². The number of rotatable bonds is 5. The number of likely N-dealkylation sites (tertiary alicyclic amines) is 1. The van der Waals surface area contributed by atoms with Gasteiger partial charge in [0.15, 0.2) is 0 Å². The predicted octanol–water partition coefficient (Wildman–Crippen LogP) is 1.20. The zero-order valence-corrected chi connectivity index (χ0v) is 9.94. The fraction of sp³-hybridized carbons (Fsp3) is 0.833. The van der Waals surface area contributed by atoms with Crippen molar-refractivity contribution in [2.45, 2.75) is 39.2 Å². The van der Waals surface area contributed by atoms with Gasteiger partial charge in [0.25, 0.3) is 0 Å². The van der Waals surface area contributed by atoms with Crippen LogP contribution in [0.1, 0.15) is 33.1 Å². The SMILES string of the molecule is CCCCC1C(=O)N(CC2CO2)C(=O)C1C. The number of carbonyl (C=O) groups excluding carboxylic acids is 2. The first-order chi connectivity index (χ1) is 7.65. The molecule has 16 heavy (non-hydrogen) atoms. The molecule has 4 nitrogen and oxygen atoms in total. The lowest BCUT2D eigenvalue weighted by Gasteiger charge is -2.12. The van der Waals surface area contributed by atoms with Gasteiger partial charge in [-0.3, -0.25) is 14.5 Å². The van der Waals surface area contributed by atoms with Crippen molar-refractivity contribution in [3.05, 3.63) is 0 Å². The molecule has 0 saturated carbocycles. The molecule has 0 bridgehead atoms. The first-order valence-corrected chi connectivity index (χ1v) is 6.12. The summed E-state index contributed by atoms with van der Waals surface area (Å²) in [5, 5.41) is 0. The van der Waals surface area contributed by atoms with Crippen LogP contribution in [-0.2, 0) is 14.3 Å². The Bertz CT molecular complexity index is 299. The van der Waals surface area contributed by atoms with Crippen molar-refractivity contribution in [2.24, 2.45) is 11.8 Å². The second-order valence-corrected chi connectivity index (χ2v) is 4.78. The minimum Gasteiger partial charge on any atom is -0.371 e. The number of epoxide rings is 1. The van der Waals surface area contributed by atoms with Crippen LogP contribution in [0.5, 0.6) is 0 Å². The van der Waals surface area contributed by atoms with E-state index in [1.807, 2.05) is 6.92 Å². The maximum absolute atomic E-state index is 12.0. The summed E-state index contributed by atoms with van der Waals surface area (Å²) in [4.78, 5) is 25.4. The predicted molar refractivity (Wildman–Crippen MR) is 58.6 cm³/mol. The molecule has 2 amide bonds. The quantitative estimate of drug-likeness (QED) is 0.522. The Hall–Kier alpha value is -0.900. The fourth-order valence-corrected chi connectivity index (χ4v) is 2.30. The molecule has 0 aromatic heterocycles. The van der Waals surface area contributed by atoms with Crippen LogP contribution in [-0.4, -0.2) is 36.0 Å². The fourth-order valence-electron chi connectivity index (χ4n) is 2.30. The maximum atomic E-state index is 12.0. The first-order valence-electron chi connectivity index (χ1n) is 6.12. The molecule has 3 unspecified atom stereocenters. The van der Waals surface area contributed by atoms with Crippen LogP contribution < -0.4 is 0 Å². The van der Waals surface area contributed by atoms with Crippen molar-refractivity contribution in [3.8, 4) is 0 Å². The van der Waals surface area contributed by atoms with Crippen LogP contribution in [0.25, 0.3) is 0 Å². The number of carbonyl (C=O) groups is 2. The third-order valence-corrected chi connectivity index (χ3v) is 3.50. The Labute approximate surface area is 95.9 Å². The lowest BCUT2D eigenvalue weighted by Crippen LogP contribution is -2.34. The standard InChI is InChI=1S/C12H19NO3/c1-3-4-5-10-8(2)11(14)13(12(10)15)6-9-7-16-9/h8-10H,3-7H2,1-2H3. The van der Waals surface area contributed by atoms with E-state index in [-0.39, 0.29) is 29.8 Å². The van der Waals surface area contributed by atoms with E-state index < -0.39 is 0 Å². The van der Waals surface area contributed by atoms with E-state index in [2.05, 4.69) is 6.92 Å². The number of hydrogen-bond donors (Lipinski definition) is 0. The maximum Gasteiger partial charge on any atom is 0.233 e.